The van der Waals surface area contributed by atoms with Crippen molar-refractivity contribution < 1.29 is 17.7 Å². The van der Waals surface area contributed by atoms with Gasteiger partial charge in [-0.15, -0.1) is 0 Å². The highest BCUT2D eigenvalue weighted by Gasteiger charge is 2.16. The predicted octanol–water partition coefficient (Wildman–Crippen LogP) is 3.80. The number of benzene rings is 2. The molecule has 0 atom stereocenters. The topological polar surface area (TPSA) is 89.3 Å². The number of hydrogen-bond donors (Lipinski definition) is 1. The molecule has 0 aliphatic heterocycles. The minimum absolute atomic E-state index is 0.123. The van der Waals surface area contributed by atoms with E-state index < -0.39 is 26.5 Å². The highest BCUT2D eigenvalue weighted by atomic mass is 35.5. The van der Waals surface area contributed by atoms with Crippen LogP contribution in [0.25, 0.3) is 6.08 Å². The van der Waals surface area contributed by atoms with Gasteiger partial charge in [-0.2, -0.15) is 4.39 Å². The Labute approximate surface area is 136 Å². The molecule has 120 valence electrons. The van der Waals surface area contributed by atoms with E-state index in [2.05, 4.69) is 4.72 Å². The van der Waals surface area contributed by atoms with E-state index in [1.54, 1.807) is 24.3 Å². The van der Waals surface area contributed by atoms with E-state index in [0.29, 0.717) is 10.6 Å². The van der Waals surface area contributed by atoms with Gasteiger partial charge >= 0.3 is 5.69 Å². The average molecular weight is 357 g/mol. The molecule has 0 aromatic heterocycles. The van der Waals surface area contributed by atoms with E-state index in [9.17, 15) is 22.9 Å². The number of anilines is 1. The molecule has 23 heavy (non-hydrogen) atoms. The van der Waals surface area contributed by atoms with Crippen LogP contribution < -0.4 is 4.72 Å². The molecule has 0 heterocycles. The molecule has 2 rings (SSSR count). The summed E-state index contributed by atoms with van der Waals surface area (Å²) >= 11 is 5.90. The first-order valence-corrected chi connectivity index (χ1v) is 8.10. The van der Waals surface area contributed by atoms with E-state index in [0.717, 1.165) is 23.6 Å². The van der Waals surface area contributed by atoms with E-state index >= 15 is 0 Å². The van der Waals surface area contributed by atoms with Crippen molar-refractivity contribution >= 4 is 39.1 Å². The highest BCUT2D eigenvalue weighted by Crippen LogP contribution is 2.23. The molecular formula is C14H10ClFN2O4S. The summed E-state index contributed by atoms with van der Waals surface area (Å²) in [6.45, 7) is 0. The van der Waals surface area contributed by atoms with Crippen LogP contribution >= 0.6 is 11.6 Å². The van der Waals surface area contributed by atoms with E-state index in [1.165, 1.54) is 6.08 Å². The predicted molar refractivity (Wildman–Crippen MR) is 86.1 cm³/mol. The number of hydrogen-bond acceptors (Lipinski definition) is 4. The standard InChI is InChI=1S/C14H10ClFN2O4S/c15-12-4-2-1-3-10(12)7-8-23(21,22)17-11-5-6-13(16)14(9-11)18(19)20/h1-9,17H/b8-7+. The molecular weight excluding hydrogens is 347 g/mol. The number of halogens is 2. The molecule has 1 N–H and O–H groups in total. The van der Waals surface area contributed by atoms with Crippen LogP contribution in [0.3, 0.4) is 0 Å². The van der Waals surface area contributed by atoms with Crippen molar-refractivity contribution in [2.75, 3.05) is 4.72 Å². The maximum absolute atomic E-state index is 13.2. The third-order valence-electron chi connectivity index (χ3n) is 2.73. The highest BCUT2D eigenvalue weighted by molar-refractivity contribution is 7.95. The van der Waals surface area contributed by atoms with Crippen molar-refractivity contribution in [2.45, 2.75) is 0 Å². The van der Waals surface area contributed by atoms with Gasteiger partial charge in [-0.25, -0.2) is 8.42 Å². The second-order valence-corrected chi connectivity index (χ2v) is 6.37. The second kappa shape index (κ2) is 6.76. The molecule has 2 aromatic rings. The molecule has 0 spiro atoms. The summed E-state index contributed by atoms with van der Waals surface area (Å²) in [5.41, 5.74) is -0.452. The van der Waals surface area contributed by atoms with Crippen LogP contribution in [0.5, 0.6) is 0 Å². The molecule has 0 radical (unpaired) electrons. The maximum Gasteiger partial charge on any atom is 0.306 e. The van der Waals surface area contributed by atoms with Crippen molar-refractivity contribution in [3.05, 3.63) is 74.4 Å². The fraction of sp³-hybridized carbons (Fsp3) is 0. The fourth-order valence-electron chi connectivity index (χ4n) is 1.69. The van der Waals surface area contributed by atoms with Gasteiger partial charge < -0.3 is 0 Å². The minimum Gasteiger partial charge on any atom is -0.280 e. The first-order valence-electron chi connectivity index (χ1n) is 6.18. The van der Waals surface area contributed by atoms with Gasteiger partial charge in [-0.05, 0) is 29.8 Å². The number of nitro groups is 1. The SMILES string of the molecule is O=[N+]([O-])c1cc(NS(=O)(=O)/C=C/c2ccccc2Cl)ccc1F. The maximum atomic E-state index is 13.2. The van der Waals surface area contributed by atoms with Gasteiger partial charge in [0.05, 0.1) is 16.0 Å². The van der Waals surface area contributed by atoms with Gasteiger partial charge in [-0.3, -0.25) is 14.8 Å². The quantitative estimate of drug-likeness (QED) is 0.651. The molecule has 0 saturated heterocycles. The Hall–Kier alpha value is -2.45. The number of nitro benzene ring substituents is 1. The van der Waals surface area contributed by atoms with Crippen LogP contribution in [0, 0.1) is 15.9 Å². The van der Waals surface area contributed by atoms with Gasteiger partial charge in [0.15, 0.2) is 0 Å². The van der Waals surface area contributed by atoms with Gasteiger partial charge in [0.25, 0.3) is 10.0 Å². The molecule has 2 aromatic carbocycles. The van der Waals surface area contributed by atoms with Crippen molar-refractivity contribution in [3.63, 3.8) is 0 Å². The Morgan fingerprint density at radius 1 is 1.22 bits per heavy atom. The van der Waals surface area contributed by atoms with Gasteiger partial charge in [0.2, 0.25) is 5.82 Å². The Morgan fingerprint density at radius 3 is 2.57 bits per heavy atom. The molecule has 0 amide bonds. The van der Waals surface area contributed by atoms with Crippen LogP contribution in [0.2, 0.25) is 5.02 Å². The summed E-state index contributed by atoms with van der Waals surface area (Å²) in [5.74, 6) is -1.05. The zero-order chi connectivity index (χ0) is 17.0. The van der Waals surface area contributed by atoms with Crippen LogP contribution in [0.4, 0.5) is 15.8 Å². The fourth-order valence-corrected chi connectivity index (χ4v) is 2.74. The largest absolute Gasteiger partial charge is 0.306 e. The van der Waals surface area contributed by atoms with Crippen LogP contribution in [-0.2, 0) is 10.0 Å². The van der Waals surface area contributed by atoms with Crippen LogP contribution in [-0.4, -0.2) is 13.3 Å². The third-order valence-corrected chi connectivity index (χ3v) is 4.09. The smallest absolute Gasteiger partial charge is 0.280 e. The number of sulfonamides is 1. The molecule has 0 fully saturated rings. The number of nitrogens with zero attached hydrogens (tertiary/aromatic N) is 1. The molecule has 0 bridgehead atoms. The number of nitrogens with one attached hydrogen (secondary N) is 1. The zero-order valence-corrected chi connectivity index (χ0v) is 13.0. The normalized spacial score (nSPS) is 11.6. The molecule has 0 aliphatic rings. The second-order valence-electron chi connectivity index (χ2n) is 4.39. The monoisotopic (exact) mass is 356 g/mol. The van der Waals surface area contributed by atoms with Crippen molar-refractivity contribution in [3.8, 4) is 0 Å². The molecule has 0 saturated carbocycles. The van der Waals surface area contributed by atoms with Gasteiger partial charge in [0, 0.05) is 11.1 Å². The molecule has 9 heteroatoms. The first kappa shape index (κ1) is 16.9. The lowest BCUT2D eigenvalue weighted by atomic mass is 10.2. The molecule has 0 aliphatic carbocycles. The van der Waals surface area contributed by atoms with Gasteiger partial charge in [0.1, 0.15) is 0 Å². The van der Waals surface area contributed by atoms with Crippen LogP contribution in [0.1, 0.15) is 5.56 Å². The van der Waals surface area contributed by atoms with Crippen LogP contribution in [0.15, 0.2) is 47.9 Å². The van der Waals surface area contributed by atoms with Gasteiger partial charge in [-0.1, -0.05) is 29.8 Å². The molecule has 0 unspecified atom stereocenters. The summed E-state index contributed by atoms with van der Waals surface area (Å²) in [6.07, 6.45) is 1.28. The van der Waals surface area contributed by atoms with E-state index in [-0.39, 0.29) is 5.69 Å². The molecule has 6 nitrogen and oxygen atoms in total. The summed E-state index contributed by atoms with van der Waals surface area (Å²) in [5, 5.41) is 11.9. The lowest BCUT2D eigenvalue weighted by Gasteiger charge is -2.05. The van der Waals surface area contributed by atoms with Crippen molar-refractivity contribution in [1.29, 1.82) is 0 Å². The van der Waals surface area contributed by atoms with Crippen molar-refractivity contribution in [1.82, 2.24) is 0 Å². The Bertz CT molecular complexity index is 884. The summed E-state index contributed by atoms with van der Waals surface area (Å²) in [4.78, 5) is 9.71. The number of rotatable bonds is 5. The average Bonchev–Trinajstić information content (AvgIpc) is 2.48. The first-order chi connectivity index (χ1) is 10.8. The minimum atomic E-state index is -3.94. The summed E-state index contributed by atoms with van der Waals surface area (Å²) in [7, 11) is -3.94. The van der Waals surface area contributed by atoms with E-state index in [4.69, 9.17) is 11.6 Å². The Kier molecular flexibility index (Phi) is 4.97. The lowest BCUT2D eigenvalue weighted by Crippen LogP contribution is -2.09. The Morgan fingerprint density at radius 2 is 1.91 bits per heavy atom. The zero-order valence-electron chi connectivity index (χ0n) is 11.4. The summed E-state index contributed by atoms with van der Waals surface area (Å²) in [6, 6.07) is 9.31. The third kappa shape index (κ3) is 4.51. The lowest BCUT2D eigenvalue weighted by molar-refractivity contribution is -0.387. The van der Waals surface area contributed by atoms with E-state index in [1.807, 2.05) is 0 Å². The van der Waals surface area contributed by atoms with Crippen molar-refractivity contribution in [2.24, 2.45) is 0 Å². The summed E-state index contributed by atoms with van der Waals surface area (Å²) < 4.78 is 39.2. The Balaban J connectivity index is 2.24.